The zero-order chi connectivity index (χ0) is 29.9. The number of morpholine rings is 1. The summed E-state index contributed by atoms with van der Waals surface area (Å²) in [6.07, 6.45) is 1.78. The van der Waals surface area contributed by atoms with E-state index in [0.29, 0.717) is 54.6 Å². The Balaban J connectivity index is 1.27. The van der Waals surface area contributed by atoms with Crippen molar-refractivity contribution in [3.63, 3.8) is 0 Å². The molecular formula is C32H34N6O6. The molecule has 0 bridgehead atoms. The van der Waals surface area contributed by atoms with E-state index in [2.05, 4.69) is 20.5 Å². The molecule has 3 aliphatic heterocycles. The zero-order valence-electron chi connectivity index (χ0n) is 24.3. The Morgan fingerprint density at radius 3 is 2.61 bits per heavy atom. The van der Waals surface area contributed by atoms with Crippen LogP contribution in [0, 0.1) is 0 Å². The molecule has 1 aromatic heterocycles. The number of nitrogens with zero attached hydrogens (tertiary/aromatic N) is 5. The smallest absolute Gasteiger partial charge is 0.249 e. The van der Waals surface area contributed by atoms with Crippen molar-refractivity contribution in [3.05, 3.63) is 72.3 Å². The summed E-state index contributed by atoms with van der Waals surface area (Å²) in [7, 11) is 0. The van der Waals surface area contributed by atoms with E-state index < -0.39 is 6.04 Å². The lowest BCUT2D eigenvalue weighted by Crippen LogP contribution is -2.46. The van der Waals surface area contributed by atoms with Crippen molar-refractivity contribution >= 4 is 34.2 Å². The molecule has 12 heteroatoms. The number of anilines is 2. The van der Waals surface area contributed by atoms with Gasteiger partial charge in [0.1, 0.15) is 18.1 Å². The van der Waals surface area contributed by atoms with Crippen LogP contribution in [0.1, 0.15) is 24.4 Å². The predicted octanol–water partition coefficient (Wildman–Crippen LogP) is 3.07. The number of carbonyl (C=O) groups is 2. The average molecular weight is 599 g/mol. The Hall–Kier alpha value is -4.68. The summed E-state index contributed by atoms with van der Waals surface area (Å²) < 4.78 is 24.0. The Morgan fingerprint density at radius 2 is 1.80 bits per heavy atom. The van der Waals surface area contributed by atoms with Gasteiger partial charge in [0.05, 0.1) is 24.8 Å². The van der Waals surface area contributed by atoms with Gasteiger partial charge in [-0.2, -0.15) is 0 Å². The summed E-state index contributed by atoms with van der Waals surface area (Å²) in [5.74, 6) is 0.438. The number of ether oxygens (including phenoxy) is 4. The number of para-hydroxylation sites is 1. The van der Waals surface area contributed by atoms with Gasteiger partial charge >= 0.3 is 0 Å². The van der Waals surface area contributed by atoms with Gasteiger partial charge in [-0.15, -0.1) is 5.10 Å². The molecule has 2 fully saturated rings. The molecule has 228 valence electrons. The lowest BCUT2D eigenvalue weighted by molar-refractivity contribution is -0.127. The number of amides is 2. The van der Waals surface area contributed by atoms with E-state index in [9.17, 15) is 9.59 Å². The standard InChI is InChI=1S/C32H34N6O6/c39-30(20-37-27-6-2-1-5-26(27)34-35-37)38(24-11-12-28-29(18-24)44-21-43-28)31(32(40)33-19-25-4-3-15-42-25)22-7-9-23(10-8-22)36-13-16-41-17-14-36/h1-2,5-12,18,25,31H,3-4,13-17,19-21H2,(H,33,40)/t25-,31-/m1/s1. The van der Waals surface area contributed by atoms with E-state index in [1.807, 2.05) is 48.5 Å². The maximum absolute atomic E-state index is 14.4. The molecule has 2 saturated heterocycles. The van der Waals surface area contributed by atoms with E-state index in [4.69, 9.17) is 18.9 Å². The lowest BCUT2D eigenvalue weighted by Gasteiger charge is -2.33. The minimum Gasteiger partial charge on any atom is -0.454 e. The fraction of sp³-hybridized carbons (Fsp3) is 0.375. The highest BCUT2D eigenvalue weighted by Gasteiger charge is 2.35. The highest BCUT2D eigenvalue weighted by molar-refractivity contribution is 6.02. The molecule has 1 N–H and O–H groups in total. The number of hydrogen-bond acceptors (Lipinski definition) is 9. The summed E-state index contributed by atoms with van der Waals surface area (Å²) >= 11 is 0. The first kappa shape index (κ1) is 28.1. The molecule has 2 atom stereocenters. The van der Waals surface area contributed by atoms with Crippen molar-refractivity contribution in [1.29, 1.82) is 0 Å². The molecule has 0 aliphatic carbocycles. The Labute approximate surface area is 254 Å². The maximum Gasteiger partial charge on any atom is 0.249 e. The van der Waals surface area contributed by atoms with Crippen LogP contribution in [0.15, 0.2) is 66.7 Å². The summed E-state index contributed by atoms with van der Waals surface area (Å²) in [6.45, 7) is 3.91. The van der Waals surface area contributed by atoms with E-state index in [-0.39, 0.29) is 31.3 Å². The number of hydrogen-bond donors (Lipinski definition) is 1. The molecule has 44 heavy (non-hydrogen) atoms. The molecule has 7 rings (SSSR count). The third-order valence-electron chi connectivity index (χ3n) is 8.23. The molecule has 12 nitrogen and oxygen atoms in total. The highest BCUT2D eigenvalue weighted by Crippen LogP contribution is 2.38. The van der Waals surface area contributed by atoms with Gasteiger partial charge in [-0.1, -0.05) is 29.5 Å². The molecule has 0 saturated carbocycles. The second-order valence-electron chi connectivity index (χ2n) is 11.0. The summed E-state index contributed by atoms with van der Waals surface area (Å²) in [6, 6.07) is 19.6. The van der Waals surface area contributed by atoms with Crippen LogP contribution in [0.2, 0.25) is 0 Å². The summed E-state index contributed by atoms with van der Waals surface area (Å²) in [5.41, 5.74) is 3.60. The third kappa shape index (κ3) is 5.78. The fourth-order valence-electron chi connectivity index (χ4n) is 5.93. The van der Waals surface area contributed by atoms with Gasteiger partial charge in [-0.05, 0) is 54.8 Å². The number of benzene rings is 3. The SMILES string of the molecule is O=C(NC[C@H]1CCCO1)[C@@H](c1ccc(N2CCOCC2)cc1)N(C(=O)Cn1nnc2ccccc21)c1ccc2c(c1)OCO2. The summed E-state index contributed by atoms with van der Waals surface area (Å²) in [5, 5.41) is 11.5. The normalized spacial score (nSPS) is 18.4. The largest absolute Gasteiger partial charge is 0.454 e. The van der Waals surface area contributed by atoms with Crippen LogP contribution >= 0.6 is 0 Å². The van der Waals surface area contributed by atoms with Gasteiger partial charge in [0.25, 0.3) is 0 Å². The topological polar surface area (TPSA) is 120 Å². The first-order valence-corrected chi connectivity index (χ1v) is 15.0. The van der Waals surface area contributed by atoms with E-state index in [1.165, 1.54) is 4.90 Å². The zero-order valence-corrected chi connectivity index (χ0v) is 24.3. The number of carbonyl (C=O) groups excluding carboxylic acids is 2. The molecule has 2 amide bonds. The number of nitrogens with one attached hydrogen (secondary N) is 1. The van der Waals surface area contributed by atoms with Gasteiger partial charge in [0, 0.05) is 43.7 Å². The first-order valence-electron chi connectivity index (χ1n) is 15.0. The van der Waals surface area contributed by atoms with Crippen LogP contribution in [-0.4, -0.2) is 79.2 Å². The van der Waals surface area contributed by atoms with Gasteiger partial charge < -0.3 is 29.2 Å². The molecule has 0 unspecified atom stereocenters. The van der Waals surface area contributed by atoms with E-state index in [1.54, 1.807) is 22.9 Å². The second kappa shape index (κ2) is 12.5. The number of aromatic nitrogens is 3. The maximum atomic E-state index is 14.4. The minimum atomic E-state index is -0.988. The molecule has 0 radical (unpaired) electrons. The van der Waals surface area contributed by atoms with Crippen LogP contribution in [0.25, 0.3) is 11.0 Å². The second-order valence-corrected chi connectivity index (χ2v) is 11.0. The Morgan fingerprint density at radius 1 is 0.977 bits per heavy atom. The Kier molecular flexibility index (Phi) is 7.99. The molecule has 3 aliphatic rings. The van der Waals surface area contributed by atoms with Crippen molar-refractivity contribution in [2.75, 3.05) is 56.0 Å². The van der Waals surface area contributed by atoms with Gasteiger partial charge in [0.15, 0.2) is 11.5 Å². The van der Waals surface area contributed by atoms with E-state index >= 15 is 0 Å². The van der Waals surface area contributed by atoms with Crippen molar-refractivity contribution in [1.82, 2.24) is 20.3 Å². The van der Waals surface area contributed by atoms with Crippen LogP contribution in [0.5, 0.6) is 11.5 Å². The van der Waals surface area contributed by atoms with Crippen LogP contribution in [0.4, 0.5) is 11.4 Å². The van der Waals surface area contributed by atoms with Gasteiger partial charge in [-0.25, -0.2) is 4.68 Å². The monoisotopic (exact) mass is 598 g/mol. The van der Waals surface area contributed by atoms with Gasteiger partial charge in [0.2, 0.25) is 18.6 Å². The molecule has 0 spiro atoms. The van der Waals surface area contributed by atoms with Crippen molar-refractivity contribution < 1.29 is 28.5 Å². The summed E-state index contributed by atoms with van der Waals surface area (Å²) in [4.78, 5) is 32.3. The highest BCUT2D eigenvalue weighted by atomic mass is 16.7. The predicted molar refractivity (Wildman–Crippen MR) is 162 cm³/mol. The van der Waals surface area contributed by atoms with Crippen molar-refractivity contribution in [3.8, 4) is 11.5 Å². The van der Waals surface area contributed by atoms with Crippen LogP contribution < -0.4 is 24.6 Å². The number of fused-ring (bicyclic) bond motifs is 2. The minimum absolute atomic E-state index is 0.0560. The quantitative estimate of drug-likeness (QED) is 0.310. The van der Waals surface area contributed by atoms with Crippen molar-refractivity contribution in [2.24, 2.45) is 0 Å². The number of rotatable bonds is 9. The van der Waals surface area contributed by atoms with Gasteiger partial charge in [-0.3, -0.25) is 14.5 Å². The average Bonchev–Trinajstić information content (AvgIpc) is 3.85. The molecule has 3 aromatic carbocycles. The van der Waals surface area contributed by atoms with Crippen molar-refractivity contribution in [2.45, 2.75) is 31.5 Å². The Bertz CT molecular complexity index is 1630. The fourth-order valence-corrected chi connectivity index (χ4v) is 5.93. The molecule has 4 aromatic rings. The van der Waals surface area contributed by atoms with E-state index in [0.717, 1.165) is 37.1 Å². The van der Waals surface area contributed by atoms with Crippen LogP contribution in [-0.2, 0) is 25.6 Å². The molecule has 4 heterocycles. The lowest BCUT2D eigenvalue weighted by atomic mass is 10.0. The van der Waals surface area contributed by atoms with Crippen LogP contribution in [0.3, 0.4) is 0 Å². The molecular weight excluding hydrogens is 564 g/mol. The first-order chi connectivity index (χ1) is 21.6. The third-order valence-corrected chi connectivity index (χ3v) is 8.23.